The van der Waals surface area contributed by atoms with Gasteiger partial charge in [0.2, 0.25) is 0 Å². The van der Waals surface area contributed by atoms with E-state index in [1.165, 1.54) is 6.61 Å². The number of ether oxygens (including phenoxy) is 1. The molecule has 0 bridgehead atoms. The van der Waals surface area contributed by atoms with Crippen molar-refractivity contribution >= 4 is 0 Å². The molecule has 1 aliphatic rings. The van der Waals surface area contributed by atoms with Gasteiger partial charge in [-0.2, -0.15) is 0 Å². The normalized spacial score (nSPS) is 45.8. The highest BCUT2D eigenvalue weighted by Gasteiger charge is 2.36. The van der Waals surface area contributed by atoms with Crippen molar-refractivity contribution in [3.8, 4) is 0 Å². The summed E-state index contributed by atoms with van der Waals surface area (Å²) in [5.74, 6) is 0. The molecule has 65 valence electrons. The van der Waals surface area contributed by atoms with Gasteiger partial charge in [-0.05, 0) is 0 Å². The second-order valence-corrected chi connectivity index (χ2v) is 2.55. The maximum Gasteiger partial charge on any atom is 0.110 e. The smallest absolute Gasteiger partial charge is 0.110 e. The molecular formula is C6H12NO4. The Morgan fingerprint density at radius 1 is 1.36 bits per heavy atom. The molecule has 0 aromatic carbocycles. The van der Waals surface area contributed by atoms with Gasteiger partial charge in [-0.1, -0.05) is 0 Å². The van der Waals surface area contributed by atoms with Gasteiger partial charge in [-0.3, -0.25) is 0 Å². The maximum absolute atomic E-state index is 9.17. The van der Waals surface area contributed by atoms with Crippen LogP contribution in [0.5, 0.6) is 0 Å². The number of aliphatic hydroxyl groups is 3. The Morgan fingerprint density at radius 2 is 2.00 bits per heavy atom. The van der Waals surface area contributed by atoms with Crippen LogP contribution >= 0.6 is 0 Å². The lowest BCUT2D eigenvalue weighted by molar-refractivity contribution is -0.132. The van der Waals surface area contributed by atoms with E-state index in [9.17, 15) is 5.11 Å². The molecule has 0 spiro atoms. The third kappa shape index (κ3) is 1.69. The van der Waals surface area contributed by atoms with E-state index in [0.29, 0.717) is 0 Å². The molecule has 5 heteroatoms. The third-order valence-electron chi connectivity index (χ3n) is 1.72. The second kappa shape index (κ2) is 3.46. The van der Waals surface area contributed by atoms with Crippen LogP contribution in [-0.4, -0.2) is 46.3 Å². The van der Waals surface area contributed by atoms with E-state index in [2.05, 4.69) is 0 Å². The van der Waals surface area contributed by atoms with Crippen LogP contribution < -0.4 is 5.73 Å². The average molecular weight is 162 g/mol. The van der Waals surface area contributed by atoms with E-state index in [1.54, 1.807) is 0 Å². The lowest BCUT2D eigenvalue weighted by Gasteiger charge is -2.34. The van der Waals surface area contributed by atoms with Crippen LogP contribution in [0.25, 0.3) is 0 Å². The van der Waals surface area contributed by atoms with Gasteiger partial charge in [0.1, 0.15) is 24.9 Å². The molecule has 0 unspecified atom stereocenters. The molecule has 0 aliphatic carbocycles. The van der Waals surface area contributed by atoms with Gasteiger partial charge >= 0.3 is 0 Å². The Hall–Kier alpha value is -0.200. The molecular weight excluding hydrogens is 150 g/mol. The number of rotatable bonds is 1. The van der Waals surface area contributed by atoms with E-state index < -0.39 is 24.4 Å². The van der Waals surface area contributed by atoms with Crippen molar-refractivity contribution in [1.82, 2.24) is 0 Å². The fourth-order valence-corrected chi connectivity index (χ4v) is 0.951. The topological polar surface area (TPSA) is 95.9 Å². The molecule has 0 amide bonds. The zero-order valence-electron chi connectivity index (χ0n) is 5.92. The number of hydrogen-bond donors (Lipinski definition) is 4. The lowest BCUT2D eigenvalue weighted by atomic mass is 9.99. The van der Waals surface area contributed by atoms with Crippen molar-refractivity contribution in [1.29, 1.82) is 0 Å². The molecule has 4 atom stereocenters. The summed E-state index contributed by atoms with van der Waals surface area (Å²) in [6.07, 6.45) is -2.93. The van der Waals surface area contributed by atoms with Crippen molar-refractivity contribution in [3.63, 3.8) is 0 Å². The number of nitrogens with two attached hydrogens (primary N) is 1. The summed E-state index contributed by atoms with van der Waals surface area (Å²) in [7, 11) is 0. The van der Waals surface area contributed by atoms with E-state index in [1.807, 2.05) is 0 Å². The average Bonchev–Trinajstić information content (AvgIpc) is 2.01. The molecule has 1 rings (SSSR count). The number of aliphatic hydroxyl groups excluding tert-OH is 3. The zero-order valence-corrected chi connectivity index (χ0v) is 5.92. The molecule has 5 nitrogen and oxygen atoms in total. The largest absolute Gasteiger partial charge is 0.394 e. The Bertz CT molecular complexity index is 130. The van der Waals surface area contributed by atoms with Crippen molar-refractivity contribution in [2.24, 2.45) is 5.73 Å². The molecule has 1 heterocycles. The van der Waals surface area contributed by atoms with Crippen LogP contribution in [0.15, 0.2) is 0 Å². The van der Waals surface area contributed by atoms with Crippen LogP contribution in [0.2, 0.25) is 0 Å². The summed E-state index contributed by atoms with van der Waals surface area (Å²) < 4.78 is 4.81. The Labute approximate surface area is 64.4 Å². The van der Waals surface area contributed by atoms with Crippen molar-refractivity contribution in [3.05, 3.63) is 6.61 Å². The summed E-state index contributed by atoms with van der Waals surface area (Å²) in [5, 5.41) is 26.9. The highest BCUT2D eigenvalue weighted by Crippen LogP contribution is 2.16. The van der Waals surface area contributed by atoms with Gasteiger partial charge in [0.15, 0.2) is 0 Å². The fourth-order valence-electron chi connectivity index (χ4n) is 0.951. The van der Waals surface area contributed by atoms with Crippen LogP contribution in [0.3, 0.4) is 0 Å². The lowest BCUT2D eigenvalue weighted by Crippen LogP contribution is -2.55. The summed E-state index contributed by atoms with van der Waals surface area (Å²) in [6, 6.07) is -0.687. The van der Waals surface area contributed by atoms with Crippen molar-refractivity contribution in [2.75, 3.05) is 6.61 Å². The first-order chi connectivity index (χ1) is 5.16. The summed E-state index contributed by atoms with van der Waals surface area (Å²) >= 11 is 0. The molecule has 0 aromatic heterocycles. The summed E-state index contributed by atoms with van der Waals surface area (Å²) in [6.45, 7) is 0.889. The quantitative estimate of drug-likeness (QED) is 0.344. The van der Waals surface area contributed by atoms with Gasteiger partial charge in [0.05, 0.1) is 12.6 Å². The van der Waals surface area contributed by atoms with Crippen LogP contribution in [-0.2, 0) is 4.74 Å². The van der Waals surface area contributed by atoms with E-state index in [0.717, 1.165) is 0 Å². The molecule has 1 saturated heterocycles. The molecule has 0 aromatic rings. The first kappa shape index (κ1) is 8.89. The standard InChI is InChI=1S/C6H12NO4/c7-3-2-11-4(1-8)6(10)5(3)9/h2-6,8-10H,1,7H2/t3-,4+,5+,6-/m0/s1. The van der Waals surface area contributed by atoms with Crippen molar-refractivity contribution < 1.29 is 20.1 Å². The molecule has 5 N–H and O–H groups in total. The predicted molar refractivity (Wildman–Crippen MR) is 36.2 cm³/mol. The Kier molecular flexibility index (Phi) is 2.80. The van der Waals surface area contributed by atoms with Gasteiger partial charge in [0, 0.05) is 0 Å². The van der Waals surface area contributed by atoms with Crippen molar-refractivity contribution in [2.45, 2.75) is 24.4 Å². The second-order valence-electron chi connectivity index (χ2n) is 2.55. The van der Waals surface area contributed by atoms with Gasteiger partial charge in [-0.15, -0.1) is 0 Å². The van der Waals surface area contributed by atoms with E-state index >= 15 is 0 Å². The summed E-state index contributed by atoms with van der Waals surface area (Å²) in [4.78, 5) is 0. The molecule has 1 radical (unpaired) electrons. The summed E-state index contributed by atoms with van der Waals surface area (Å²) in [5.41, 5.74) is 5.31. The highest BCUT2D eigenvalue weighted by molar-refractivity contribution is 4.93. The van der Waals surface area contributed by atoms with Gasteiger partial charge < -0.3 is 25.8 Å². The van der Waals surface area contributed by atoms with E-state index in [4.69, 9.17) is 20.7 Å². The minimum Gasteiger partial charge on any atom is -0.394 e. The predicted octanol–water partition coefficient (Wildman–Crippen LogP) is -2.41. The fraction of sp³-hybridized carbons (Fsp3) is 0.833. The first-order valence-corrected chi connectivity index (χ1v) is 3.38. The Morgan fingerprint density at radius 3 is 2.55 bits per heavy atom. The molecule has 0 saturated carbocycles. The zero-order chi connectivity index (χ0) is 8.43. The third-order valence-corrected chi connectivity index (χ3v) is 1.72. The van der Waals surface area contributed by atoms with Gasteiger partial charge in [0.25, 0.3) is 0 Å². The molecule has 1 fully saturated rings. The molecule has 1 aliphatic heterocycles. The molecule has 11 heavy (non-hydrogen) atoms. The minimum absolute atomic E-state index is 0.332. The minimum atomic E-state index is -1.11. The SMILES string of the molecule is N[C@H]1[CH]O[C@H](CO)[C@H](O)[C@@H]1O. The monoisotopic (exact) mass is 162 g/mol. The van der Waals surface area contributed by atoms with Crippen LogP contribution in [0.1, 0.15) is 0 Å². The highest BCUT2D eigenvalue weighted by atomic mass is 16.5. The number of hydrogen-bond acceptors (Lipinski definition) is 5. The first-order valence-electron chi connectivity index (χ1n) is 3.38. The van der Waals surface area contributed by atoms with E-state index in [-0.39, 0.29) is 6.61 Å². The van der Waals surface area contributed by atoms with Crippen LogP contribution in [0, 0.1) is 6.61 Å². The Balaban J connectivity index is 2.52. The maximum atomic E-state index is 9.17. The van der Waals surface area contributed by atoms with Gasteiger partial charge in [-0.25, -0.2) is 0 Å². The van der Waals surface area contributed by atoms with Crippen LogP contribution in [0.4, 0.5) is 0 Å².